The molecule has 1 saturated carbocycles. The number of carbonyl (C=O) groups is 3. The summed E-state index contributed by atoms with van der Waals surface area (Å²) in [4.78, 5) is 35.2. The fourth-order valence-corrected chi connectivity index (χ4v) is 3.69. The molecule has 0 unspecified atom stereocenters. The first-order valence-electron chi connectivity index (χ1n) is 9.61. The third-order valence-electron chi connectivity index (χ3n) is 5.17. The molecule has 156 valence electrons. The van der Waals surface area contributed by atoms with Crippen LogP contribution in [0.1, 0.15) is 35.2 Å². The number of benzene rings is 1. The van der Waals surface area contributed by atoms with Gasteiger partial charge in [0.05, 0.1) is 11.5 Å². The quantitative estimate of drug-likeness (QED) is 0.326. The van der Waals surface area contributed by atoms with E-state index in [-0.39, 0.29) is 48.1 Å². The third-order valence-corrected chi connectivity index (χ3v) is 5.17. The first kappa shape index (κ1) is 20.9. The highest BCUT2D eigenvalue weighted by Gasteiger charge is 2.39. The molecule has 3 rings (SSSR count). The lowest BCUT2D eigenvalue weighted by Crippen LogP contribution is -2.54. The minimum atomic E-state index is -1.33. The zero-order valence-electron chi connectivity index (χ0n) is 15.9. The topological polar surface area (TPSA) is 163 Å². The maximum absolute atomic E-state index is 12.3. The Hall–Kier alpha value is -2.79. The van der Waals surface area contributed by atoms with Crippen LogP contribution < -0.4 is 26.3 Å². The van der Waals surface area contributed by atoms with Gasteiger partial charge in [-0.3, -0.25) is 4.79 Å². The summed E-state index contributed by atoms with van der Waals surface area (Å²) in [6, 6.07) is 4.50. The van der Waals surface area contributed by atoms with Crippen molar-refractivity contribution in [1.82, 2.24) is 16.0 Å². The van der Waals surface area contributed by atoms with Crippen LogP contribution in [0.4, 0.5) is 4.79 Å². The molecule has 1 aromatic rings. The summed E-state index contributed by atoms with van der Waals surface area (Å²) in [6.45, 7) is 0.785. The number of rotatable bonds is 7. The largest absolute Gasteiger partial charge is 0.547 e. The summed E-state index contributed by atoms with van der Waals surface area (Å²) < 4.78 is 5.37. The van der Waals surface area contributed by atoms with Crippen molar-refractivity contribution in [2.45, 2.75) is 37.7 Å². The molecule has 1 aromatic carbocycles. The number of fused-ring (bicyclic) bond motifs is 1. The number of urea groups is 1. The summed E-state index contributed by atoms with van der Waals surface area (Å²) in [5.74, 6) is -1.72. The molecule has 0 radical (unpaired) electrons. The lowest BCUT2D eigenvalue weighted by Gasteiger charge is -2.36. The number of amides is 3. The Balaban J connectivity index is 1.46. The van der Waals surface area contributed by atoms with Gasteiger partial charge in [-0.25, -0.2) is 9.59 Å². The molecule has 1 aliphatic heterocycles. The van der Waals surface area contributed by atoms with Gasteiger partial charge in [-0.05, 0) is 36.8 Å². The number of carboxylic acids is 1. The first-order chi connectivity index (χ1) is 13.9. The third kappa shape index (κ3) is 5.18. The number of aromatic carboxylic acids is 1. The van der Waals surface area contributed by atoms with Crippen molar-refractivity contribution in [3.63, 3.8) is 0 Å². The van der Waals surface area contributed by atoms with Gasteiger partial charge in [0.15, 0.2) is 0 Å². The van der Waals surface area contributed by atoms with Gasteiger partial charge in [-0.1, -0.05) is 12.1 Å². The molecular formula is C18H25BN4O6. The van der Waals surface area contributed by atoms with E-state index in [4.69, 9.17) is 10.4 Å². The minimum Gasteiger partial charge on any atom is -0.534 e. The maximum Gasteiger partial charge on any atom is 0.547 e. The van der Waals surface area contributed by atoms with Gasteiger partial charge in [-0.2, -0.15) is 0 Å². The van der Waals surface area contributed by atoms with Gasteiger partial charge >= 0.3 is 19.1 Å². The van der Waals surface area contributed by atoms with Gasteiger partial charge in [0, 0.05) is 25.6 Å². The van der Waals surface area contributed by atoms with Crippen molar-refractivity contribution in [2.24, 2.45) is 11.7 Å². The smallest absolute Gasteiger partial charge is 0.534 e. The van der Waals surface area contributed by atoms with E-state index in [1.54, 1.807) is 12.1 Å². The van der Waals surface area contributed by atoms with Crippen LogP contribution in [0.15, 0.2) is 18.2 Å². The monoisotopic (exact) mass is 404 g/mol. The Labute approximate surface area is 168 Å². The summed E-state index contributed by atoms with van der Waals surface area (Å²) in [5, 5.41) is 27.6. The minimum absolute atomic E-state index is 0.0187. The standard InChI is InChI=1S/C18H25BN4O6/c20-4-5-21-18(27)22-12-6-10(7-12)8-15(24)23-14-9-11-2-1-3-13(17(25)26)16(11)29-19(14)28/h1-3,10,12,14,28H,4-9,20H2,(H,23,24)(H,25,26)(H2,21,22,27)/t10?,12?,14-/m0/s1. The van der Waals surface area contributed by atoms with Crippen molar-refractivity contribution in [2.75, 3.05) is 13.1 Å². The molecule has 3 amide bonds. The van der Waals surface area contributed by atoms with Crippen LogP contribution in [0, 0.1) is 5.92 Å². The van der Waals surface area contributed by atoms with Crippen molar-refractivity contribution >= 4 is 25.0 Å². The van der Waals surface area contributed by atoms with Crippen LogP contribution in [-0.2, 0) is 11.2 Å². The zero-order valence-corrected chi connectivity index (χ0v) is 15.9. The zero-order chi connectivity index (χ0) is 21.0. The van der Waals surface area contributed by atoms with E-state index in [2.05, 4.69) is 16.0 Å². The Morgan fingerprint density at radius 1 is 1.24 bits per heavy atom. The van der Waals surface area contributed by atoms with Crippen molar-refractivity contribution in [3.05, 3.63) is 29.3 Å². The molecule has 1 aliphatic carbocycles. The van der Waals surface area contributed by atoms with E-state index in [9.17, 15) is 24.5 Å². The molecule has 1 fully saturated rings. The van der Waals surface area contributed by atoms with E-state index in [1.807, 2.05) is 0 Å². The van der Waals surface area contributed by atoms with E-state index in [0.717, 1.165) is 0 Å². The van der Waals surface area contributed by atoms with Crippen molar-refractivity contribution in [3.8, 4) is 5.75 Å². The van der Waals surface area contributed by atoms with E-state index in [1.165, 1.54) is 6.07 Å². The fraction of sp³-hybridized carbons (Fsp3) is 0.500. The molecule has 11 heteroatoms. The second-order valence-electron chi connectivity index (χ2n) is 7.41. The lowest BCUT2D eigenvalue weighted by molar-refractivity contribution is -0.123. The number of hydrogen-bond acceptors (Lipinski definition) is 6. The maximum atomic E-state index is 12.3. The molecule has 0 bridgehead atoms. The molecule has 2 aliphatic rings. The number of nitrogens with two attached hydrogens (primary N) is 1. The van der Waals surface area contributed by atoms with Crippen LogP contribution in [0.25, 0.3) is 0 Å². The number of carbonyl (C=O) groups excluding carboxylic acids is 2. The van der Waals surface area contributed by atoms with Crippen LogP contribution in [0.5, 0.6) is 5.75 Å². The Morgan fingerprint density at radius 2 is 2.00 bits per heavy atom. The molecule has 1 heterocycles. The fourth-order valence-electron chi connectivity index (χ4n) is 3.69. The first-order valence-corrected chi connectivity index (χ1v) is 9.61. The van der Waals surface area contributed by atoms with Crippen molar-refractivity contribution in [1.29, 1.82) is 0 Å². The summed E-state index contributed by atoms with van der Waals surface area (Å²) in [6.07, 6.45) is 1.98. The summed E-state index contributed by atoms with van der Waals surface area (Å²) in [5.41, 5.74) is 5.93. The number of nitrogens with one attached hydrogen (secondary N) is 3. The average molecular weight is 404 g/mol. The second kappa shape index (κ2) is 9.14. The average Bonchev–Trinajstić information content (AvgIpc) is 2.64. The van der Waals surface area contributed by atoms with E-state index < -0.39 is 19.0 Å². The van der Waals surface area contributed by atoms with Gasteiger partial charge in [-0.15, -0.1) is 0 Å². The Morgan fingerprint density at radius 3 is 2.69 bits per heavy atom. The molecule has 29 heavy (non-hydrogen) atoms. The van der Waals surface area contributed by atoms with Crippen LogP contribution in [0.2, 0.25) is 0 Å². The predicted molar refractivity (Wildman–Crippen MR) is 104 cm³/mol. The molecule has 0 spiro atoms. The van der Waals surface area contributed by atoms with Gasteiger partial charge in [0.2, 0.25) is 5.91 Å². The highest BCUT2D eigenvalue weighted by molar-refractivity contribution is 6.47. The lowest BCUT2D eigenvalue weighted by atomic mass is 9.71. The second-order valence-corrected chi connectivity index (χ2v) is 7.41. The SMILES string of the molecule is NCCNC(=O)NC1CC(CC(=O)N[C@H]2Cc3cccc(C(=O)O)c3OB2O)C1. The Bertz CT molecular complexity index is 786. The highest BCUT2D eigenvalue weighted by atomic mass is 16.5. The molecular weight excluding hydrogens is 379 g/mol. The summed E-state index contributed by atoms with van der Waals surface area (Å²) in [7, 11) is -1.33. The molecule has 7 N–H and O–H groups in total. The number of carboxylic acid groups (broad SMARTS) is 1. The van der Waals surface area contributed by atoms with E-state index in [0.29, 0.717) is 31.5 Å². The van der Waals surface area contributed by atoms with Crippen molar-refractivity contribution < 1.29 is 29.2 Å². The van der Waals surface area contributed by atoms with Crippen LogP contribution in [-0.4, -0.2) is 60.2 Å². The van der Waals surface area contributed by atoms with E-state index >= 15 is 0 Å². The predicted octanol–water partition coefficient (Wildman–Crippen LogP) is -0.749. The van der Waals surface area contributed by atoms with Gasteiger partial charge in [0.1, 0.15) is 5.75 Å². The Kier molecular flexibility index (Phi) is 6.60. The van der Waals surface area contributed by atoms with Gasteiger partial charge in [0.25, 0.3) is 0 Å². The summed E-state index contributed by atoms with van der Waals surface area (Å²) >= 11 is 0. The molecule has 0 saturated heterocycles. The molecule has 10 nitrogen and oxygen atoms in total. The number of hydrogen-bond donors (Lipinski definition) is 6. The molecule has 0 aromatic heterocycles. The molecule has 1 atom stereocenters. The van der Waals surface area contributed by atoms with Gasteiger partial charge < -0.3 is 36.5 Å². The van der Waals surface area contributed by atoms with Crippen LogP contribution >= 0.6 is 0 Å². The number of para-hydroxylation sites is 1. The van der Waals surface area contributed by atoms with Crippen LogP contribution in [0.3, 0.4) is 0 Å². The normalized spacial score (nSPS) is 22.6. The highest BCUT2D eigenvalue weighted by Crippen LogP contribution is 2.32.